The van der Waals surface area contributed by atoms with Crippen LogP contribution < -0.4 is 25.4 Å². The van der Waals surface area contributed by atoms with Crippen molar-refractivity contribution >= 4 is 62.7 Å². The lowest BCUT2D eigenvalue weighted by molar-refractivity contribution is -0.122. The predicted molar refractivity (Wildman–Crippen MR) is 118 cm³/mol. The van der Waals surface area contributed by atoms with Gasteiger partial charge in [0.1, 0.15) is 5.57 Å². The van der Waals surface area contributed by atoms with Crippen LogP contribution in [0.15, 0.2) is 52.5 Å². The fourth-order valence-corrected chi connectivity index (χ4v) is 3.60. The number of hydrogen-bond donors (Lipinski definition) is 2. The summed E-state index contributed by atoms with van der Waals surface area (Å²) >= 11 is 8.51. The van der Waals surface area contributed by atoms with Crippen LogP contribution in [0.2, 0.25) is 0 Å². The van der Waals surface area contributed by atoms with Gasteiger partial charge in [-0.3, -0.25) is 24.6 Å². The Bertz CT molecular complexity index is 1070. The molecule has 8 nitrogen and oxygen atoms in total. The summed E-state index contributed by atoms with van der Waals surface area (Å²) in [5.41, 5.74) is 6.03. The van der Waals surface area contributed by atoms with Crippen molar-refractivity contribution in [3.8, 4) is 11.5 Å². The average molecular weight is 490 g/mol. The predicted octanol–water partition coefficient (Wildman–Crippen LogP) is 2.15. The van der Waals surface area contributed by atoms with Gasteiger partial charge in [-0.1, -0.05) is 18.2 Å². The molecule has 1 fully saturated rings. The lowest BCUT2D eigenvalue weighted by Gasteiger charge is -2.28. The van der Waals surface area contributed by atoms with Gasteiger partial charge in [-0.05, 0) is 64.1 Å². The van der Waals surface area contributed by atoms with Gasteiger partial charge in [0.15, 0.2) is 23.2 Å². The Kier molecular flexibility index (Phi) is 6.48. The number of nitrogens with one attached hydrogen (secondary N) is 1. The number of thiocarbonyl (C=S) groups is 1. The molecule has 1 saturated heterocycles. The molecule has 0 unspecified atom stereocenters. The maximum absolute atomic E-state index is 13.0. The molecular weight excluding hydrogens is 474 g/mol. The van der Waals surface area contributed by atoms with E-state index in [4.69, 9.17) is 27.4 Å². The number of benzene rings is 2. The second-order valence-electron chi connectivity index (χ2n) is 6.08. The summed E-state index contributed by atoms with van der Waals surface area (Å²) in [4.78, 5) is 37.7. The van der Waals surface area contributed by atoms with E-state index in [0.717, 1.165) is 0 Å². The third-order valence-corrected chi connectivity index (χ3v) is 4.91. The second-order valence-corrected chi connectivity index (χ2v) is 7.32. The van der Waals surface area contributed by atoms with Crippen LogP contribution in [-0.4, -0.2) is 36.6 Å². The Balaban J connectivity index is 1.99. The molecule has 1 aliphatic heterocycles. The standard InChI is InChI=1S/C20H16BrN3O5S/c1-28-15-9-11(8-14(21)17(15)29-10-16(22)25)7-13-18(26)23-20(30)24(19(13)27)12-5-3-2-4-6-12/h2-9H,10H2,1H3,(H2,22,25)(H,23,26,30)/b13-7-. The number of halogens is 1. The van der Waals surface area contributed by atoms with Crippen LogP contribution in [0, 0.1) is 0 Å². The zero-order valence-electron chi connectivity index (χ0n) is 15.7. The van der Waals surface area contributed by atoms with Gasteiger partial charge in [-0.25, -0.2) is 0 Å². The highest BCUT2D eigenvalue weighted by Gasteiger charge is 2.34. The van der Waals surface area contributed by atoms with Crippen molar-refractivity contribution in [2.24, 2.45) is 5.73 Å². The maximum Gasteiger partial charge on any atom is 0.270 e. The number of nitrogens with zero attached hydrogens (tertiary/aromatic N) is 1. The minimum atomic E-state index is -0.642. The molecule has 0 bridgehead atoms. The van der Waals surface area contributed by atoms with E-state index < -0.39 is 17.7 Å². The van der Waals surface area contributed by atoms with Gasteiger partial charge in [0.25, 0.3) is 17.7 Å². The molecule has 3 N–H and O–H groups in total. The number of hydrogen-bond acceptors (Lipinski definition) is 6. The van der Waals surface area contributed by atoms with E-state index in [-0.39, 0.29) is 28.8 Å². The molecule has 10 heteroatoms. The van der Waals surface area contributed by atoms with Crippen molar-refractivity contribution in [1.29, 1.82) is 0 Å². The molecule has 0 atom stereocenters. The van der Waals surface area contributed by atoms with E-state index in [1.54, 1.807) is 36.4 Å². The smallest absolute Gasteiger partial charge is 0.270 e. The molecule has 0 aliphatic carbocycles. The quantitative estimate of drug-likeness (QED) is 0.365. The van der Waals surface area contributed by atoms with Gasteiger partial charge in [0.05, 0.1) is 17.3 Å². The van der Waals surface area contributed by atoms with Crippen molar-refractivity contribution in [3.05, 3.63) is 58.1 Å². The van der Waals surface area contributed by atoms with Crippen molar-refractivity contribution in [2.45, 2.75) is 0 Å². The maximum atomic E-state index is 13.0. The molecule has 154 valence electrons. The number of rotatable bonds is 6. The first kappa shape index (κ1) is 21.5. The van der Waals surface area contributed by atoms with Crippen molar-refractivity contribution in [1.82, 2.24) is 5.32 Å². The number of carbonyl (C=O) groups is 3. The van der Waals surface area contributed by atoms with Crippen LogP contribution >= 0.6 is 28.1 Å². The number of ether oxygens (including phenoxy) is 2. The number of anilines is 1. The van der Waals surface area contributed by atoms with E-state index >= 15 is 0 Å². The summed E-state index contributed by atoms with van der Waals surface area (Å²) in [7, 11) is 1.42. The van der Waals surface area contributed by atoms with E-state index in [1.807, 2.05) is 6.07 Å². The number of para-hydroxylation sites is 1. The highest BCUT2D eigenvalue weighted by Crippen LogP contribution is 2.37. The van der Waals surface area contributed by atoms with E-state index in [2.05, 4.69) is 21.2 Å². The van der Waals surface area contributed by atoms with Crippen molar-refractivity contribution in [2.75, 3.05) is 18.6 Å². The molecule has 3 amide bonds. The first-order valence-electron chi connectivity index (χ1n) is 8.57. The minimum Gasteiger partial charge on any atom is -0.493 e. The third kappa shape index (κ3) is 4.50. The summed E-state index contributed by atoms with van der Waals surface area (Å²) in [6.45, 7) is -0.334. The molecule has 30 heavy (non-hydrogen) atoms. The Morgan fingerprint density at radius 1 is 1.27 bits per heavy atom. The first-order valence-corrected chi connectivity index (χ1v) is 9.77. The minimum absolute atomic E-state index is 0.00214. The van der Waals surface area contributed by atoms with E-state index in [0.29, 0.717) is 15.7 Å². The normalized spacial score (nSPS) is 15.2. The second kappa shape index (κ2) is 9.06. The van der Waals surface area contributed by atoms with Gasteiger partial charge in [0.2, 0.25) is 0 Å². The van der Waals surface area contributed by atoms with Gasteiger partial charge in [-0.15, -0.1) is 0 Å². The van der Waals surface area contributed by atoms with E-state index in [9.17, 15) is 14.4 Å². The molecule has 0 spiro atoms. The molecule has 2 aromatic rings. The zero-order valence-corrected chi connectivity index (χ0v) is 18.1. The average Bonchev–Trinajstić information content (AvgIpc) is 2.70. The van der Waals surface area contributed by atoms with Gasteiger partial charge >= 0.3 is 0 Å². The van der Waals surface area contributed by atoms with Crippen LogP contribution in [0.1, 0.15) is 5.56 Å². The Hall–Kier alpha value is -3.24. The molecule has 0 aromatic heterocycles. The fourth-order valence-electron chi connectivity index (χ4n) is 2.74. The number of methoxy groups -OCH3 is 1. The number of carbonyl (C=O) groups excluding carboxylic acids is 3. The van der Waals surface area contributed by atoms with Crippen LogP contribution in [0.4, 0.5) is 5.69 Å². The highest BCUT2D eigenvalue weighted by molar-refractivity contribution is 9.10. The lowest BCUT2D eigenvalue weighted by atomic mass is 10.1. The monoisotopic (exact) mass is 489 g/mol. The summed E-state index contributed by atoms with van der Waals surface area (Å²) < 4.78 is 11.1. The Morgan fingerprint density at radius 2 is 1.97 bits per heavy atom. The van der Waals surface area contributed by atoms with Crippen LogP contribution in [0.3, 0.4) is 0 Å². The molecule has 0 radical (unpaired) electrons. The largest absolute Gasteiger partial charge is 0.493 e. The van der Waals surface area contributed by atoms with Crippen LogP contribution in [0.5, 0.6) is 11.5 Å². The molecule has 1 aliphatic rings. The van der Waals surface area contributed by atoms with Crippen LogP contribution in [-0.2, 0) is 14.4 Å². The number of nitrogens with two attached hydrogens (primary N) is 1. The van der Waals surface area contributed by atoms with Gasteiger partial charge in [-0.2, -0.15) is 0 Å². The number of primary amides is 1. The van der Waals surface area contributed by atoms with E-state index in [1.165, 1.54) is 18.1 Å². The summed E-state index contributed by atoms with van der Waals surface area (Å²) in [6, 6.07) is 11.9. The van der Waals surface area contributed by atoms with Gasteiger partial charge in [0, 0.05) is 0 Å². The van der Waals surface area contributed by atoms with Gasteiger partial charge < -0.3 is 15.2 Å². The Morgan fingerprint density at radius 3 is 2.60 bits per heavy atom. The SMILES string of the molecule is COc1cc(/C=C2/C(=O)NC(=S)N(c3ccccc3)C2=O)cc(Br)c1OCC(N)=O. The van der Waals surface area contributed by atoms with Crippen LogP contribution in [0.25, 0.3) is 6.08 Å². The first-order chi connectivity index (χ1) is 14.3. The molecule has 0 saturated carbocycles. The highest BCUT2D eigenvalue weighted by atomic mass is 79.9. The molecule has 1 heterocycles. The fraction of sp³-hybridized carbons (Fsp3) is 0.100. The molecule has 3 rings (SSSR count). The third-order valence-electron chi connectivity index (χ3n) is 4.04. The Labute approximate surface area is 185 Å². The van der Waals surface area contributed by atoms with Crippen molar-refractivity contribution < 1.29 is 23.9 Å². The summed E-state index contributed by atoms with van der Waals surface area (Å²) in [5.74, 6) is -1.25. The number of amides is 3. The molecular formula is C20H16BrN3O5S. The van der Waals surface area contributed by atoms with Crippen molar-refractivity contribution in [3.63, 3.8) is 0 Å². The summed E-state index contributed by atoms with van der Waals surface area (Å²) in [5, 5.41) is 2.53. The lowest BCUT2D eigenvalue weighted by Crippen LogP contribution is -2.54. The molecule has 2 aromatic carbocycles. The summed E-state index contributed by atoms with van der Waals surface area (Å²) in [6.07, 6.45) is 1.42. The zero-order chi connectivity index (χ0) is 21.8. The topological polar surface area (TPSA) is 111 Å².